The normalized spacial score (nSPS) is 13.9. The van der Waals surface area contributed by atoms with Gasteiger partial charge in [0.2, 0.25) is 5.69 Å². The number of rotatable bonds is 5. The molecule has 6 heteroatoms. The predicted molar refractivity (Wildman–Crippen MR) is 86.7 cm³/mol. The SMILES string of the molecule is CCOC(=O)c1noc(C2CC2)c1C(=O)c1ccc(Br)cc1C. The minimum Gasteiger partial charge on any atom is -0.461 e. The average Bonchev–Trinajstić information content (AvgIpc) is 3.25. The minimum atomic E-state index is -0.624. The molecule has 1 heterocycles. The van der Waals surface area contributed by atoms with Crippen molar-refractivity contribution in [2.75, 3.05) is 6.61 Å². The molecule has 0 spiro atoms. The maximum atomic E-state index is 13.0. The van der Waals surface area contributed by atoms with E-state index in [0.717, 1.165) is 22.9 Å². The molecule has 2 aromatic rings. The number of aromatic nitrogens is 1. The molecular weight excluding hydrogens is 362 g/mol. The largest absolute Gasteiger partial charge is 0.461 e. The lowest BCUT2D eigenvalue weighted by Gasteiger charge is -2.07. The van der Waals surface area contributed by atoms with Crippen LogP contribution < -0.4 is 0 Å². The first-order valence-corrected chi connectivity index (χ1v) is 8.29. The summed E-state index contributed by atoms with van der Waals surface area (Å²) in [5.41, 5.74) is 1.57. The zero-order chi connectivity index (χ0) is 16.6. The van der Waals surface area contributed by atoms with Crippen LogP contribution in [-0.2, 0) is 4.74 Å². The van der Waals surface area contributed by atoms with E-state index >= 15 is 0 Å². The number of carbonyl (C=O) groups excluding carboxylic acids is 2. The van der Waals surface area contributed by atoms with Crippen molar-refractivity contribution in [2.24, 2.45) is 0 Å². The van der Waals surface area contributed by atoms with Crippen molar-refractivity contribution in [2.45, 2.75) is 32.6 Å². The molecule has 0 saturated heterocycles. The van der Waals surface area contributed by atoms with Crippen LogP contribution in [0.15, 0.2) is 27.2 Å². The molecule has 1 aliphatic rings. The second kappa shape index (κ2) is 6.28. The van der Waals surface area contributed by atoms with Gasteiger partial charge >= 0.3 is 5.97 Å². The van der Waals surface area contributed by atoms with E-state index < -0.39 is 5.97 Å². The third kappa shape index (κ3) is 3.08. The van der Waals surface area contributed by atoms with Gasteiger partial charge in [0.1, 0.15) is 5.56 Å². The first-order chi connectivity index (χ1) is 11.0. The van der Waals surface area contributed by atoms with Crippen molar-refractivity contribution in [3.8, 4) is 0 Å². The third-order valence-corrected chi connectivity index (χ3v) is 4.29. The van der Waals surface area contributed by atoms with E-state index in [9.17, 15) is 9.59 Å². The van der Waals surface area contributed by atoms with E-state index in [0.29, 0.717) is 11.3 Å². The zero-order valence-corrected chi connectivity index (χ0v) is 14.5. The van der Waals surface area contributed by atoms with E-state index in [4.69, 9.17) is 9.26 Å². The lowest BCUT2D eigenvalue weighted by Crippen LogP contribution is -2.14. The summed E-state index contributed by atoms with van der Waals surface area (Å²) in [6.45, 7) is 3.78. The minimum absolute atomic E-state index is 0.0268. The van der Waals surface area contributed by atoms with Crippen LogP contribution in [0.2, 0.25) is 0 Å². The van der Waals surface area contributed by atoms with E-state index in [2.05, 4.69) is 21.1 Å². The molecule has 0 atom stereocenters. The summed E-state index contributed by atoms with van der Waals surface area (Å²) in [6.07, 6.45) is 1.88. The summed E-state index contributed by atoms with van der Waals surface area (Å²) in [5, 5.41) is 3.81. The lowest BCUT2D eigenvalue weighted by atomic mass is 9.96. The van der Waals surface area contributed by atoms with Gasteiger partial charge in [0, 0.05) is 16.0 Å². The van der Waals surface area contributed by atoms with Gasteiger partial charge in [0.05, 0.1) is 6.61 Å². The summed E-state index contributed by atoms with van der Waals surface area (Å²) in [5.74, 6) is -0.205. The highest BCUT2D eigenvalue weighted by Gasteiger charge is 2.37. The number of ether oxygens (including phenoxy) is 1. The molecule has 0 radical (unpaired) electrons. The van der Waals surface area contributed by atoms with E-state index in [1.165, 1.54) is 0 Å². The highest BCUT2D eigenvalue weighted by molar-refractivity contribution is 9.10. The molecule has 5 nitrogen and oxygen atoms in total. The van der Waals surface area contributed by atoms with Crippen LogP contribution in [0.3, 0.4) is 0 Å². The Morgan fingerprint density at radius 2 is 2.13 bits per heavy atom. The zero-order valence-electron chi connectivity index (χ0n) is 12.9. The average molecular weight is 378 g/mol. The van der Waals surface area contributed by atoms with Crippen LogP contribution >= 0.6 is 15.9 Å². The number of aryl methyl sites for hydroxylation is 1. The van der Waals surface area contributed by atoms with Gasteiger partial charge in [-0.15, -0.1) is 0 Å². The lowest BCUT2D eigenvalue weighted by molar-refractivity contribution is 0.0512. The van der Waals surface area contributed by atoms with E-state index in [-0.39, 0.29) is 29.6 Å². The van der Waals surface area contributed by atoms with Crippen molar-refractivity contribution in [3.05, 3.63) is 50.8 Å². The number of carbonyl (C=O) groups is 2. The Morgan fingerprint density at radius 3 is 2.74 bits per heavy atom. The third-order valence-electron chi connectivity index (χ3n) is 3.80. The monoisotopic (exact) mass is 377 g/mol. The van der Waals surface area contributed by atoms with E-state index in [1.807, 2.05) is 13.0 Å². The van der Waals surface area contributed by atoms with Crippen LogP contribution in [0.5, 0.6) is 0 Å². The van der Waals surface area contributed by atoms with Gasteiger partial charge in [-0.1, -0.05) is 21.1 Å². The molecule has 120 valence electrons. The molecule has 1 aliphatic carbocycles. The van der Waals surface area contributed by atoms with Crippen molar-refractivity contribution in [1.82, 2.24) is 5.16 Å². The molecule has 0 amide bonds. The Morgan fingerprint density at radius 1 is 1.39 bits per heavy atom. The van der Waals surface area contributed by atoms with Gasteiger partial charge in [0.25, 0.3) is 0 Å². The number of esters is 1. The molecule has 3 rings (SSSR count). The number of benzene rings is 1. The van der Waals surface area contributed by atoms with Gasteiger partial charge in [0.15, 0.2) is 11.5 Å². The summed E-state index contributed by atoms with van der Waals surface area (Å²) < 4.78 is 11.2. The van der Waals surface area contributed by atoms with Gasteiger partial charge in [-0.3, -0.25) is 4.79 Å². The molecule has 0 N–H and O–H groups in total. The Balaban J connectivity index is 2.07. The first kappa shape index (κ1) is 15.9. The van der Waals surface area contributed by atoms with E-state index in [1.54, 1.807) is 19.1 Å². The molecule has 1 fully saturated rings. The van der Waals surface area contributed by atoms with Gasteiger partial charge in [-0.05, 0) is 50.5 Å². The Kier molecular flexibility index (Phi) is 4.35. The molecule has 0 bridgehead atoms. The molecule has 1 aromatic carbocycles. The van der Waals surface area contributed by atoms with Crippen LogP contribution in [-0.4, -0.2) is 23.5 Å². The van der Waals surface area contributed by atoms with Crippen LogP contribution in [0.25, 0.3) is 0 Å². The second-order valence-corrected chi connectivity index (χ2v) is 6.47. The first-order valence-electron chi connectivity index (χ1n) is 7.50. The highest BCUT2D eigenvalue weighted by Crippen LogP contribution is 2.43. The Labute approximate surface area is 142 Å². The maximum absolute atomic E-state index is 13.0. The summed E-state index contributed by atoms with van der Waals surface area (Å²) >= 11 is 3.38. The molecular formula is C17H16BrNO4. The van der Waals surface area contributed by atoms with Crippen molar-refractivity contribution < 1.29 is 18.8 Å². The maximum Gasteiger partial charge on any atom is 0.361 e. The topological polar surface area (TPSA) is 69.4 Å². The molecule has 1 saturated carbocycles. The number of hydrogen-bond donors (Lipinski definition) is 0. The summed E-state index contributed by atoms with van der Waals surface area (Å²) in [7, 11) is 0. The smallest absolute Gasteiger partial charge is 0.361 e. The number of hydrogen-bond acceptors (Lipinski definition) is 5. The van der Waals surface area contributed by atoms with Gasteiger partial charge in [-0.25, -0.2) is 4.79 Å². The van der Waals surface area contributed by atoms with Gasteiger partial charge < -0.3 is 9.26 Å². The number of nitrogens with zero attached hydrogens (tertiary/aromatic N) is 1. The molecule has 0 unspecified atom stereocenters. The van der Waals surface area contributed by atoms with Crippen molar-refractivity contribution in [1.29, 1.82) is 0 Å². The highest BCUT2D eigenvalue weighted by atomic mass is 79.9. The van der Waals surface area contributed by atoms with Crippen molar-refractivity contribution in [3.63, 3.8) is 0 Å². The number of halogens is 1. The van der Waals surface area contributed by atoms with Crippen LogP contribution in [0.4, 0.5) is 0 Å². The Hall–Kier alpha value is -1.95. The predicted octanol–water partition coefficient (Wildman–Crippen LogP) is 4.03. The Bertz CT molecular complexity index is 777. The standard InChI is InChI=1S/C17H16BrNO4/c1-3-22-17(21)14-13(16(23-19-14)10-4-5-10)15(20)12-7-6-11(18)8-9(12)2/h6-8,10H,3-5H2,1-2H3. The fourth-order valence-electron chi connectivity index (χ4n) is 2.50. The fraction of sp³-hybridized carbons (Fsp3) is 0.353. The molecule has 0 aliphatic heterocycles. The summed E-state index contributed by atoms with van der Waals surface area (Å²) in [4.78, 5) is 25.1. The van der Waals surface area contributed by atoms with Crippen LogP contribution in [0, 0.1) is 6.92 Å². The molecule has 1 aromatic heterocycles. The summed E-state index contributed by atoms with van der Waals surface area (Å²) in [6, 6.07) is 5.40. The quantitative estimate of drug-likeness (QED) is 0.580. The second-order valence-electron chi connectivity index (χ2n) is 5.55. The number of ketones is 1. The van der Waals surface area contributed by atoms with Gasteiger partial charge in [-0.2, -0.15) is 0 Å². The van der Waals surface area contributed by atoms with Crippen LogP contribution in [0.1, 0.15) is 63.4 Å². The van der Waals surface area contributed by atoms with Crippen molar-refractivity contribution >= 4 is 27.7 Å². The molecule has 23 heavy (non-hydrogen) atoms. The fourth-order valence-corrected chi connectivity index (χ4v) is 2.98.